The number of ether oxygens (including phenoxy) is 1. The maximum Gasteiger partial charge on any atom is 0.124 e. The average Bonchev–Trinajstić information content (AvgIpc) is 2.37. The molecule has 0 saturated carbocycles. The summed E-state index contributed by atoms with van der Waals surface area (Å²) in [4.78, 5) is 0. The van der Waals surface area contributed by atoms with Crippen molar-refractivity contribution < 1.29 is 4.74 Å². The Hall–Kier alpha value is -0.910. The summed E-state index contributed by atoms with van der Waals surface area (Å²) in [6, 6.07) is 5.74. The lowest BCUT2D eigenvalue weighted by atomic mass is 10.1. The molecule has 0 saturated heterocycles. The van der Waals surface area contributed by atoms with E-state index in [1.807, 2.05) is 6.07 Å². The summed E-state index contributed by atoms with van der Waals surface area (Å²) in [5.41, 5.74) is 0.979. The van der Waals surface area contributed by atoms with Crippen LogP contribution in [0.5, 0.6) is 5.75 Å². The van der Waals surface area contributed by atoms with E-state index < -0.39 is 0 Å². The van der Waals surface area contributed by atoms with Crippen molar-refractivity contribution in [2.45, 2.75) is 39.0 Å². The highest BCUT2D eigenvalue weighted by atomic mass is 35.5. The molecule has 0 spiro atoms. The second-order valence-electron chi connectivity index (χ2n) is 4.05. The van der Waals surface area contributed by atoms with Gasteiger partial charge in [-0.2, -0.15) is 5.26 Å². The lowest BCUT2D eigenvalue weighted by Crippen LogP contribution is -2.01. The molecule has 0 fully saturated rings. The van der Waals surface area contributed by atoms with Gasteiger partial charge in [0, 0.05) is 12.0 Å². The molecule has 0 unspecified atom stereocenters. The number of halogens is 2. The van der Waals surface area contributed by atoms with Crippen molar-refractivity contribution in [3.63, 3.8) is 0 Å². The third-order valence-corrected chi connectivity index (χ3v) is 3.44. The minimum atomic E-state index is 0.567. The highest BCUT2D eigenvalue weighted by molar-refractivity contribution is 6.42. The monoisotopic (exact) mass is 285 g/mol. The summed E-state index contributed by atoms with van der Waals surface area (Å²) < 4.78 is 5.72. The smallest absolute Gasteiger partial charge is 0.124 e. The van der Waals surface area contributed by atoms with Gasteiger partial charge in [0.25, 0.3) is 0 Å². The molecule has 0 radical (unpaired) electrons. The zero-order chi connectivity index (χ0) is 13.4. The predicted octanol–water partition coefficient (Wildman–Crippen LogP) is 5.02. The first kappa shape index (κ1) is 15.1. The van der Waals surface area contributed by atoms with Gasteiger partial charge in [-0.25, -0.2) is 0 Å². The Bertz CT molecular complexity index is 427. The van der Waals surface area contributed by atoms with Crippen LogP contribution in [-0.4, -0.2) is 6.61 Å². The van der Waals surface area contributed by atoms with Gasteiger partial charge in [-0.05, 0) is 31.4 Å². The first-order valence-electron chi connectivity index (χ1n) is 6.17. The summed E-state index contributed by atoms with van der Waals surface area (Å²) in [5, 5.41) is 9.60. The maximum absolute atomic E-state index is 8.44. The fourth-order valence-corrected chi connectivity index (χ4v) is 2.11. The molecule has 0 N–H and O–H groups in total. The molecule has 4 heteroatoms. The lowest BCUT2D eigenvalue weighted by molar-refractivity contribution is 0.304. The summed E-state index contributed by atoms with van der Waals surface area (Å²) >= 11 is 12.2. The summed E-state index contributed by atoms with van der Waals surface area (Å²) in [6.45, 7) is 2.70. The minimum absolute atomic E-state index is 0.567. The van der Waals surface area contributed by atoms with Crippen LogP contribution >= 0.6 is 23.2 Å². The van der Waals surface area contributed by atoms with Crippen molar-refractivity contribution in [3.8, 4) is 11.8 Å². The van der Waals surface area contributed by atoms with Crippen LogP contribution in [0.1, 0.15) is 38.2 Å². The molecule has 0 aliphatic heterocycles. The third-order valence-electron chi connectivity index (χ3n) is 2.59. The second-order valence-corrected chi connectivity index (χ2v) is 4.84. The Morgan fingerprint density at radius 3 is 2.72 bits per heavy atom. The molecule has 1 aromatic carbocycles. The number of nitrogens with zero attached hydrogens (tertiary/aromatic N) is 1. The van der Waals surface area contributed by atoms with Gasteiger partial charge < -0.3 is 4.74 Å². The van der Waals surface area contributed by atoms with Crippen molar-refractivity contribution in [3.05, 3.63) is 27.7 Å². The quantitative estimate of drug-likeness (QED) is 0.659. The number of benzene rings is 1. The van der Waals surface area contributed by atoms with E-state index in [2.05, 4.69) is 13.0 Å². The van der Waals surface area contributed by atoms with Crippen LogP contribution in [0.3, 0.4) is 0 Å². The van der Waals surface area contributed by atoms with Crippen LogP contribution in [0, 0.1) is 11.3 Å². The number of unbranched alkanes of at least 4 members (excludes halogenated alkanes) is 2. The average molecular weight is 286 g/mol. The van der Waals surface area contributed by atoms with Gasteiger partial charge in [-0.3, -0.25) is 0 Å². The van der Waals surface area contributed by atoms with E-state index in [1.54, 1.807) is 6.07 Å². The zero-order valence-corrected chi connectivity index (χ0v) is 12.0. The Labute approximate surface area is 118 Å². The van der Waals surface area contributed by atoms with Gasteiger partial charge in [0.2, 0.25) is 0 Å². The van der Waals surface area contributed by atoms with Crippen molar-refractivity contribution in [1.82, 2.24) is 0 Å². The van der Waals surface area contributed by atoms with Crippen LogP contribution in [0.4, 0.5) is 0 Å². The first-order valence-corrected chi connectivity index (χ1v) is 6.93. The third kappa shape index (κ3) is 4.40. The fraction of sp³-hybridized carbons (Fsp3) is 0.500. The molecule has 0 bridgehead atoms. The van der Waals surface area contributed by atoms with Crippen LogP contribution in [-0.2, 0) is 6.42 Å². The van der Waals surface area contributed by atoms with E-state index in [-0.39, 0.29) is 0 Å². The fourth-order valence-electron chi connectivity index (χ4n) is 1.68. The van der Waals surface area contributed by atoms with E-state index >= 15 is 0 Å². The molecule has 0 amide bonds. The zero-order valence-electron chi connectivity index (χ0n) is 10.5. The number of hydrogen-bond donors (Lipinski definition) is 0. The Kier molecular flexibility index (Phi) is 6.93. The Morgan fingerprint density at radius 1 is 1.28 bits per heavy atom. The van der Waals surface area contributed by atoms with Crippen molar-refractivity contribution in [2.75, 3.05) is 6.61 Å². The molecular weight excluding hydrogens is 269 g/mol. The second kappa shape index (κ2) is 8.24. The number of rotatable bonds is 7. The van der Waals surface area contributed by atoms with Gasteiger partial charge in [0.15, 0.2) is 0 Å². The van der Waals surface area contributed by atoms with Crippen molar-refractivity contribution in [1.29, 1.82) is 5.26 Å². The standard InChI is InChI=1S/C14H17Cl2NO/c1-2-6-11-13(8-7-12(15)14(11)16)18-10-5-3-4-9-17/h7-8H,2-6,10H2,1H3. The molecule has 1 rings (SSSR count). The summed E-state index contributed by atoms with van der Waals surface area (Å²) in [6.07, 6.45) is 4.16. The maximum atomic E-state index is 8.44. The van der Waals surface area contributed by atoms with Crippen molar-refractivity contribution >= 4 is 23.2 Å². The highest BCUT2D eigenvalue weighted by Gasteiger charge is 2.11. The van der Waals surface area contributed by atoms with E-state index in [9.17, 15) is 0 Å². The Balaban J connectivity index is 2.64. The molecule has 1 aromatic rings. The van der Waals surface area contributed by atoms with Crippen molar-refractivity contribution in [2.24, 2.45) is 0 Å². The van der Waals surface area contributed by atoms with Crippen LogP contribution < -0.4 is 4.74 Å². The molecule has 0 atom stereocenters. The minimum Gasteiger partial charge on any atom is -0.493 e. The van der Waals surface area contributed by atoms with Gasteiger partial charge in [0.05, 0.1) is 22.7 Å². The van der Waals surface area contributed by atoms with E-state index in [0.29, 0.717) is 23.1 Å². The van der Waals surface area contributed by atoms with Crippen LogP contribution in [0.15, 0.2) is 12.1 Å². The van der Waals surface area contributed by atoms with E-state index in [1.165, 1.54) is 0 Å². The summed E-state index contributed by atoms with van der Waals surface area (Å²) in [5.74, 6) is 0.809. The van der Waals surface area contributed by atoms with Gasteiger partial charge in [-0.15, -0.1) is 0 Å². The molecule has 98 valence electrons. The molecule has 18 heavy (non-hydrogen) atoms. The SMILES string of the molecule is CCCc1c(OCCCCC#N)ccc(Cl)c1Cl. The number of hydrogen-bond acceptors (Lipinski definition) is 2. The van der Waals surface area contributed by atoms with Gasteiger partial charge >= 0.3 is 0 Å². The van der Waals surface area contributed by atoms with Gasteiger partial charge in [-0.1, -0.05) is 36.5 Å². The predicted molar refractivity (Wildman–Crippen MR) is 75.4 cm³/mol. The van der Waals surface area contributed by atoms with Crippen LogP contribution in [0.2, 0.25) is 10.0 Å². The normalized spacial score (nSPS) is 10.1. The molecule has 0 aromatic heterocycles. The molecular formula is C14H17Cl2NO. The first-order chi connectivity index (χ1) is 8.70. The van der Waals surface area contributed by atoms with Gasteiger partial charge in [0.1, 0.15) is 5.75 Å². The molecule has 0 aliphatic rings. The summed E-state index contributed by atoms with van der Waals surface area (Å²) in [7, 11) is 0. The number of nitriles is 1. The lowest BCUT2D eigenvalue weighted by Gasteiger charge is -2.13. The molecule has 0 aliphatic carbocycles. The van der Waals surface area contributed by atoms with E-state index in [4.69, 9.17) is 33.2 Å². The largest absolute Gasteiger partial charge is 0.493 e. The Morgan fingerprint density at radius 2 is 2.06 bits per heavy atom. The molecule has 2 nitrogen and oxygen atoms in total. The van der Waals surface area contributed by atoms with E-state index in [0.717, 1.165) is 37.0 Å². The molecule has 0 heterocycles. The topological polar surface area (TPSA) is 33.0 Å². The van der Waals surface area contributed by atoms with Crippen LogP contribution in [0.25, 0.3) is 0 Å². The highest BCUT2D eigenvalue weighted by Crippen LogP contribution is 2.34.